The standard InChI is InChI=1S/C30H28FN3O4/c31-21-11-9-20(10-12-21)26-23-6-2-1-5-19(23)14-16-33(26)29(37)32-18-30(38)15-13-22(17-30)34-27(35)24-7-3-4-8-25(24)28(34)36/h1-12,22,26,38H,13-18H2,(H,32,37). The van der Waals surface area contributed by atoms with Gasteiger partial charge in [0, 0.05) is 19.1 Å². The Hall–Kier alpha value is -4.04. The molecule has 6 rings (SSSR count). The summed E-state index contributed by atoms with van der Waals surface area (Å²) in [6, 6.07) is 19.7. The third-order valence-corrected chi connectivity index (χ3v) is 8.05. The lowest BCUT2D eigenvalue weighted by Gasteiger charge is -2.38. The van der Waals surface area contributed by atoms with E-state index >= 15 is 0 Å². The van der Waals surface area contributed by atoms with Crippen LogP contribution in [0.2, 0.25) is 0 Å². The van der Waals surface area contributed by atoms with Crippen LogP contribution in [0.1, 0.15) is 62.7 Å². The van der Waals surface area contributed by atoms with Gasteiger partial charge in [-0.2, -0.15) is 0 Å². The zero-order chi connectivity index (χ0) is 26.4. The zero-order valence-corrected chi connectivity index (χ0v) is 20.8. The van der Waals surface area contributed by atoms with E-state index in [0.717, 1.165) is 16.7 Å². The largest absolute Gasteiger partial charge is 0.388 e. The molecular formula is C30H28FN3O4. The molecule has 1 saturated carbocycles. The molecule has 0 spiro atoms. The number of rotatable bonds is 4. The molecule has 0 saturated heterocycles. The summed E-state index contributed by atoms with van der Waals surface area (Å²) in [5.41, 5.74) is 2.47. The highest BCUT2D eigenvalue weighted by molar-refractivity contribution is 6.21. The van der Waals surface area contributed by atoms with Crippen LogP contribution in [0.4, 0.5) is 9.18 Å². The summed E-state index contributed by atoms with van der Waals surface area (Å²) in [5, 5.41) is 14.2. The van der Waals surface area contributed by atoms with Crippen LogP contribution in [0.3, 0.4) is 0 Å². The van der Waals surface area contributed by atoms with Gasteiger partial charge in [-0.05, 0) is 66.6 Å². The first-order chi connectivity index (χ1) is 18.3. The molecule has 1 fully saturated rings. The summed E-state index contributed by atoms with van der Waals surface area (Å²) < 4.78 is 13.6. The Balaban J connectivity index is 1.16. The van der Waals surface area contributed by atoms with Gasteiger partial charge in [0.05, 0.1) is 22.8 Å². The van der Waals surface area contributed by atoms with E-state index in [0.29, 0.717) is 36.9 Å². The molecule has 2 N–H and O–H groups in total. The fraction of sp³-hybridized carbons (Fsp3) is 0.300. The summed E-state index contributed by atoms with van der Waals surface area (Å²) in [5.74, 6) is -1.01. The van der Waals surface area contributed by atoms with Crippen LogP contribution in [-0.4, -0.2) is 57.5 Å². The van der Waals surface area contributed by atoms with E-state index in [1.54, 1.807) is 41.3 Å². The Bertz CT molecular complexity index is 1390. The molecule has 3 atom stereocenters. The van der Waals surface area contributed by atoms with Gasteiger partial charge in [0.2, 0.25) is 0 Å². The van der Waals surface area contributed by atoms with Gasteiger partial charge in [-0.3, -0.25) is 14.5 Å². The molecule has 3 unspecified atom stereocenters. The minimum absolute atomic E-state index is 0.000211. The molecule has 2 heterocycles. The highest BCUT2D eigenvalue weighted by Crippen LogP contribution is 2.38. The lowest BCUT2D eigenvalue weighted by molar-refractivity contribution is 0.0360. The first-order valence-corrected chi connectivity index (χ1v) is 12.9. The third-order valence-electron chi connectivity index (χ3n) is 8.05. The summed E-state index contributed by atoms with van der Waals surface area (Å²) in [6.45, 7) is 0.473. The minimum atomic E-state index is -1.24. The maximum Gasteiger partial charge on any atom is 0.318 e. The molecule has 3 aliphatic rings. The Morgan fingerprint density at radius 2 is 1.63 bits per heavy atom. The molecule has 4 amide bonds. The van der Waals surface area contributed by atoms with E-state index in [9.17, 15) is 23.9 Å². The fourth-order valence-corrected chi connectivity index (χ4v) is 6.13. The third kappa shape index (κ3) is 4.15. The van der Waals surface area contributed by atoms with Gasteiger partial charge in [-0.15, -0.1) is 0 Å². The number of halogens is 1. The maximum atomic E-state index is 13.6. The Morgan fingerprint density at radius 1 is 0.974 bits per heavy atom. The van der Waals surface area contributed by atoms with E-state index in [2.05, 4.69) is 5.32 Å². The molecule has 3 aromatic carbocycles. The predicted octanol–water partition coefficient (Wildman–Crippen LogP) is 4.06. The second-order valence-electron chi connectivity index (χ2n) is 10.4. The lowest BCUT2D eigenvalue weighted by Crippen LogP contribution is -2.50. The van der Waals surface area contributed by atoms with Crippen molar-refractivity contribution in [3.05, 3.63) is 106 Å². The number of amides is 4. The number of aliphatic hydroxyl groups is 1. The van der Waals surface area contributed by atoms with Crippen molar-refractivity contribution in [1.29, 1.82) is 0 Å². The second kappa shape index (κ2) is 9.36. The maximum absolute atomic E-state index is 13.6. The zero-order valence-electron chi connectivity index (χ0n) is 20.8. The molecule has 8 heteroatoms. The number of urea groups is 1. The van der Waals surface area contributed by atoms with Crippen LogP contribution in [-0.2, 0) is 6.42 Å². The van der Waals surface area contributed by atoms with Crippen molar-refractivity contribution in [1.82, 2.24) is 15.1 Å². The number of nitrogens with zero attached hydrogens (tertiary/aromatic N) is 2. The lowest BCUT2D eigenvalue weighted by atomic mass is 9.88. The van der Waals surface area contributed by atoms with Gasteiger partial charge in [0.25, 0.3) is 11.8 Å². The van der Waals surface area contributed by atoms with Crippen molar-refractivity contribution < 1.29 is 23.9 Å². The van der Waals surface area contributed by atoms with E-state index < -0.39 is 11.6 Å². The van der Waals surface area contributed by atoms with Crippen LogP contribution < -0.4 is 5.32 Å². The van der Waals surface area contributed by atoms with Crippen molar-refractivity contribution in [3.63, 3.8) is 0 Å². The SMILES string of the molecule is O=C(NCC1(O)CCC(N2C(=O)c3ccccc3C2=O)C1)N1CCc2ccccc2C1c1ccc(F)cc1. The normalized spacial score (nSPS) is 24.4. The average Bonchev–Trinajstić information content (AvgIpc) is 3.44. The molecule has 2 aliphatic heterocycles. The number of hydrogen-bond donors (Lipinski definition) is 2. The van der Waals surface area contributed by atoms with E-state index in [1.165, 1.54) is 17.0 Å². The van der Waals surface area contributed by atoms with Gasteiger partial charge in [-0.25, -0.2) is 9.18 Å². The number of carbonyl (C=O) groups excluding carboxylic acids is 3. The van der Waals surface area contributed by atoms with Crippen molar-refractivity contribution >= 4 is 17.8 Å². The highest BCUT2D eigenvalue weighted by Gasteiger charge is 2.47. The van der Waals surface area contributed by atoms with Crippen LogP contribution in [0.5, 0.6) is 0 Å². The number of imide groups is 1. The summed E-state index contributed by atoms with van der Waals surface area (Å²) in [6.07, 6.45) is 1.71. The molecule has 194 valence electrons. The fourth-order valence-electron chi connectivity index (χ4n) is 6.13. The van der Waals surface area contributed by atoms with Gasteiger partial charge >= 0.3 is 6.03 Å². The van der Waals surface area contributed by atoms with Gasteiger partial charge in [0.1, 0.15) is 5.82 Å². The number of carbonyl (C=O) groups is 3. The second-order valence-corrected chi connectivity index (χ2v) is 10.4. The van der Waals surface area contributed by atoms with Crippen LogP contribution in [0.25, 0.3) is 0 Å². The van der Waals surface area contributed by atoms with Crippen molar-refractivity contribution in [3.8, 4) is 0 Å². The number of nitrogens with one attached hydrogen (secondary N) is 1. The Labute approximate surface area is 219 Å². The highest BCUT2D eigenvalue weighted by atomic mass is 19.1. The van der Waals surface area contributed by atoms with E-state index in [1.807, 2.05) is 24.3 Å². The summed E-state index contributed by atoms with van der Waals surface area (Å²) in [7, 11) is 0. The van der Waals surface area contributed by atoms with Crippen molar-refractivity contribution in [2.24, 2.45) is 0 Å². The van der Waals surface area contributed by atoms with Gasteiger partial charge in [0.15, 0.2) is 0 Å². The Kier molecular flexibility index (Phi) is 5.99. The van der Waals surface area contributed by atoms with Crippen LogP contribution in [0, 0.1) is 5.82 Å². The van der Waals surface area contributed by atoms with E-state index in [4.69, 9.17) is 0 Å². The van der Waals surface area contributed by atoms with Crippen molar-refractivity contribution in [2.75, 3.05) is 13.1 Å². The van der Waals surface area contributed by atoms with Gasteiger partial charge < -0.3 is 15.3 Å². The van der Waals surface area contributed by atoms with Crippen LogP contribution in [0.15, 0.2) is 72.8 Å². The van der Waals surface area contributed by atoms with Crippen LogP contribution >= 0.6 is 0 Å². The molecule has 38 heavy (non-hydrogen) atoms. The molecule has 0 radical (unpaired) electrons. The van der Waals surface area contributed by atoms with Crippen molar-refractivity contribution in [2.45, 2.75) is 43.4 Å². The monoisotopic (exact) mass is 513 g/mol. The predicted molar refractivity (Wildman–Crippen MR) is 138 cm³/mol. The molecular weight excluding hydrogens is 485 g/mol. The quantitative estimate of drug-likeness (QED) is 0.515. The topological polar surface area (TPSA) is 90.0 Å². The minimum Gasteiger partial charge on any atom is -0.388 e. The summed E-state index contributed by atoms with van der Waals surface area (Å²) in [4.78, 5) is 42.2. The smallest absolute Gasteiger partial charge is 0.318 e. The molecule has 7 nitrogen and oxygen atoms in total. The molecule has 3 aromatic rings. The summed E-state index contributed by atoms with van der Waals surface area (Å²) >= 11 is 0. The molecule has 0 aromatic heterocycles. The first kappa shape index (κ1) is 24.3. The first-order valence-electron chi connectivity index (χ1n) is 12.9. The Morgan fingerprint density at radius 3 is 2.34 bits per heavy atom. The van der Waals surface area contributed by atoms with E-state index in [-0.39, 0.29) is 42.7 Å². The average molecular weight is 514 g/mol. The van der Waals surface area contributed by atoms with Gasteiger partial charge in [-0.1, -0.05) is 48.5 Å². The number of benzene rings is 3. The molecule has 1 aliphatic carbocycles. The number of fused-ring (bicyclic) bond motifs is 2. The molecule has 0 bridgehead atoms. The number of hydrogen-bond acceptors (Lipinski definition) is 4.